The summed E-state index contributed by atoms with van der Waals surface area (Å²) in [5, 5.41) is 16.2. The van der Waals surface area contributed by atoms with Crippen LogP contribution in [0, 0.1) is 10.8 Å². The van der Waals surface area contributed by atoms with E-state index < -0.39 is 39.6 Å². The quantitative estimate of drug-likeness (QED) is 0.116. The molecule has 9 heteroatoms. The molecule has 1 fully saturated rings. The normalized spacial score (nSPS) is 25.4. The molecular formula is C47H36N4O5. The zero-order valence-corrected chi connectivity index (χ0v) is 30.8. The Morgan fingerprint density at radius 1 is 0.518 bits per heavy atom. The third-order valence-corrected chi connectivity index (χ3v) is 12.0. The zero-order chi connectivity index (χ0) is 38.3. The molecular weight excluding hydrogens is 701 g/mol. The van der Waals surface area contributed by atoms with Crippen LogP contribution >= 0.6 is 0 Å². The third kappa shape index (κ3) is 3.63. The fraction of sp³-hybridized carbons (Fsp3) is 0.170. The first-order valence-electron chi connectivity index (χ1n) is 18.9. The SMILES string of the molecule is CCOC(=O)C12C(=O)C3(C(=O)OCC)C(c4ccccc4)=NN(c4ccccc4)C34c3cccc5cccc(c35)C14N(c1ccccc1)N=C2c1ccccc1. The summed E-state index contributed by atoms with van der Waals surface area (Å²) in [6.07, 6.45) is 0. The number of nitrogens with zero attached hydrogens (tertiary/aromatic N) is 4. The number of hydrogen-bond acceptors (Lipinski definition) is 9. The van der Waals surface area contributed by atoms with Crippen LogP contribution in [-0.2, 0) is 34.9 Å². The molecule has 274 valence electrons. The monoisotopic (exact) mass is 736 g/mol. The second kappa shape index (κ2) is 12.1. The first-order valence-corrected chi connectivity index (χ1v) is 18.9. The van der Waals surface area contributed by atoms with Crippen molar-refractivity contribution in [1.82, 2.24) is 0 Å². The summed E-state index contributed by atoms with van der Waals surface area (Å²) in [7, 11) is 0. The molecule has 2 heterocycles. The van der Waals surface area contributed by atoms with Crippen LogP contribution in [0.5, 0.6) is 0 Å². The van der Waals surface area contributed by atoms with E-state index in [9.17, 15) is 0 Å². The number of hydrazone groups is 2. The first-order chi connectivity index (χ1) is 27.5. The predicted octanol–water partition coefficient (Wildman–Crippen LogP) is 7.77. The number of carbonyl (C=O) groups excluding carboxylic acids is 3. The van der Waals surface area contributed by atoms with E-state index in [1.807, 2.05) is 168 Å². The minimum absolute atomic E-state index is 0.0318. The van der Waals surface area contributed by atoms with Gasteiger partial charge in [-0.1, -0.05) is 133 Å². The Morgan fingerprint density at radius 2 is 0.893 bits per heavy atom. The van der Waals surface area contributed by atoms with Crippen molar-refractivity contribution < 1.29 is 23.9 Å². The minimum Gasteiger partial charge on any atom is -0.465 e. The largest absolute Gasteiger partial charge is 0.465 e. The van der Waals surface area contributed by atoms with E-state index in [0.717, 1.165) is 10.8 Å². The molecule has 56 heavy (non-hydrogen) atoms. The molecule has 0 amide bonds. The van der Waals surface area contributed by atoms with Gasteiger partial charge in [-0.25, -0.2) is 10.0 Å². The Labute approximate surface area is 323 Å². The van der Waals surface area contributed by atoms with Crippen LogP contribution in [0.1, 0.15) is 36.1 Å². The molecule has 9 nitrogen and oxygen atoms in total. The van der Waals surface area contributed by atoms with Crippen LogP contribution in [0.2, 0.25) is 0 Å². The average molecular weight is 737 g/mol. The van der Waals surface area contributed by atoms with Crippen molar-refractivity contribution in [1.29, 1.82) is 0 Å². The second-order valence-electron chi connectivity index (χ2n) is 14.3. The molecule has 2 aliphatic heterocycles. The molecule has 4 aliphatic rings. The van der Waals surface area contributed by atoms with Gasteiger partial charge in [-0.05, 0) is 71.1 Å². The number of ketones is 1. The first kappa shape index (κ1) is 33.7. The molecule has 4 unspecified atom stereocenters. The lowest BCUT2D eigenvalue weighted by Crippen LogP contribution is -2.69. The molecule has 0 saturated heterocycles. The summed E-state index contributed by atoms with van der Waals surface area (Å²) in [6.45, 7) is 3.38. The molecule has 2 spiro atoms. The van der Waals surface area contributed by atoms with Gasteiger partial charge < -0.3 is 9.47 Å². The standard InChI is InChI=1S/C47H36N4O5/c1-3-55-42(53)44-39(32-19-9-5-10-20-32)48-50(34-25-13-7-14-26-34)46(44)36-29-17-23-31-24-18-30-37(38(31)36)47(46)45(41(44)52,43(54)56-4-2)40(33-21-11-6-12-22-33)49-51(47)35-27-15-8-16-28-35/h5-30H,3-4H2,1-2H3. The lowest BCUT2D eigenvalue weighted by molar-refractivity contribution is -0.160. The van der Waals surface area contributed by atoms with Gasteiger partial charge in [0, 0.05) is 0 Å². The van der Waals surface area contributed by atoms with Gasteiger partial charge in [0.1, 0.15) is 11.1 Å². The van der Waals surface area contributed by atoms with Crippen LogP contribution in [0.25, 0.3) is 10.8 Å². The number of carbonyl (C=O) groups is 3. The van der Waals surface area contributed by atoms with Crippen LogP contribution in [0.4, 0.5) is 11.4 Å². The van der Waals surface area contributed by atoms with Gasteiger partial charge in [-0.3, -0.25) is 14.4 Å². The van der Waals surface area contributed by atoms with Crippen LogP contribution in [0.15, 0.2) is 168 Å². The Bertz CT molecular complexity index is 2470. The highest BCUT2D eigenvalue weighted by Crippen LogP contribution is 2.81. The van der Waals surface area contributed by atoms with Crippen molar-refractivity contribution in [3.63, 3.8) is 0 Å². The van der Waals surface area contributed by atoms with Crippen molar-refractivity contribution in [3.05, 3.63) is 180 Å². The number of hydrogen-bond donors (Lipinski definition) is 0. The molecule has 0 aromatic heterocycles. The summed E-state index contributed by atoms with van der Waals surface area (Å²) in [5.74, 6) is -2.34. The maximum atomic E-state index is 17.2. The third-order valence-electron chi connectivity index (χ3n) is 12.0. The molecule has 0 radical (unpaired) electrons. The molecule has 0 bridgehead atoms. The van der Waals surface area contributed by atoms with E-state index in [-0.39, 0.29) is 24.6 Å². The molecule has 2 aliphatic carbocycles. The Hall–Kier alpha value is -6.87. The zero-order valence-electron chi connectivity index (χ0n) is 30.8. The van der Waals surface area contributed by atoms with Crippen molar-refractivity contribution in [2.75, 3.05) is 23.2 Å². The molecule has 4 atom stereocenters. The summed E-state index contributed by atoms with van der Waals surface area (Å²) in [4.78, 5) is 49.0. The topological polar surface area (TPSA) is 101 Å². The van der Waals surface area contributed by atoms with Gasteiger partial charge in [-0.15, -0.1) is 0 Å². The van der Waals surface area contributed by atoms with Gasteiger partial charge in [-0.2, -0.15) is 10.2 Å². The lowest BCUT2D eigenvalue weighted by atomic mass is 9.58. The highest BCUT2D eigenvalue weighted by Gasteiger charge is 2.99. The number of ether oxygens (including phenoxy) is 2. The van der Waals surface area contributed by atoms with Crippen LogP contribution < -0.4 is 10.0 Å². The number of esters is 2. The summed E-state index contributed by atoms with van der Waals surface area (Å²) < 4.78 is 12.4. The van der Waals surface area contributed by atoms with Gasteiger partial charge in [0.2, 0.25) is 10.8 Å². The average Bonchev–Trinajstić information content (AvgIpc) is 3.89. The summed E-state index contributed by atoms with van der Waals surface area (Å²) in [5.41, 5.74) is -4.34. The second-order valence-corrected chi connectivity index (χ2v) is 14.3. The number of benzene rings is 6. The fourth-order valence-electron chi connectivity index (χ4n) is 10.3. The van der Waals surface area contributed by atoms with E-state index >= 15 is 14.4 Å². The van der Waals surface area contributed by atoms with E-state index in [0.29, 0.717) is 33.6 Å². The molecule has 10 rings (SSSR count). The number of anilines is 2. The highest BCUT2D eigenvalue weighted by molar-refractivity contribution is 6.46. The molecule has 1 saturated carbocycles. The molecule has 6 aromatic carbocycles. The van der Waals surface area contributed by atoms with Crippen molar-refractivity contribution in [2.24, 2.45) is 21.0 Å². The Balaban J connectivity index is 1.52. The van der Waals surface area contributed by atoms with Crippen molar-refractivity contribution in [2.45, 2.75) is 24.9 Å². The van der Waals surface area contributed by atoms with Gasteiger partial charge in [0.15, 0.2) is 5.78 Å². The Kier molecular flexibility index (Phi) is 7.26. The van der Waals surface area contributed by atoms with E-state index in [1.54, 1.807) is 13.8 Å². The fourth-order valence-corrected chi connectivity index (χ4v) is 10.3. The van der Waals surface area contributed by atoms with Crippen LogP contribution in [-0.4, -0.2) is 42.4 Å². The number of para-hydroxylation sites is 2. The maximum absolute atomic E-state index is 17.2. The van der Waals surface area contributed by atoms with Crippen LogP contribution in [0.3, 0.4) is 0 Å². The summed E-state index contributed by atoms with van der Waals surface area (Å²) >= 11 is 0. The molecule has 6 aromatic rings. The minimum atomic E-state index is -2.27. The predicted molar refractivity (Wildman–Crippen MR) is 214 cm³/mol. The van der Waals surface area contributed by atoms with Gasteiger partial charge >= 0.3 is 11.9 Å². The van der Waals surface area contributed by atoms with Gasteiger partial charge in [0.05, 0.1) is 36.0 Å². The molecule has 0 N–H and O–H groups in total. The van der Waals surface area contributed by atoms with Crippen molar-refractivity contribution in [3.8, 4) is 0 Å². The lowest BCUT2D eigenvalue weighted by Gasteiger charge is -2.53. The van der Waals surface area contributed by atoms with E-state index in [1.165, 1.54) is 0 Å². The Morgan fingerprint density at radius 3 is 1.27 bits per heavy atom. The smallest absolute Gasteiger partial charge is 0.329 e. The maximum Gasteiger partial charge on any atom is 0.329 e. The van der Waals surface area contributed by atoms with Gasteiger partial charge in [0.25, 0.3) is 0 Å². The van der Waals surface area contributed by atoms with Crippen molar-refractivity contribution >= 4 is 51.3 Å². The summed E-state index contributed by atoms with van der Waals surface area (Å²) in [6, 6.07) is 49.4. The van der Waals surface area contributed by atoms with E-state index in [2.05, 4.69) is 0 Å². The number of Topliss-reactive ketones (excluding diaryl/α,β-unsaturated/α-hetero) is 1. The highest BCUT2D eigenvalue weighted by atomic mass is 16.5. The number of rotatable bonds is 8. The van der Waals surface area contributed by atoms with E-state index in [4.69, 9.17) is 19.7 Å².